The topological polar surface area (TPSA) is 63.2 Å². The third-order valence-electron chi connectivity index (χ3n) is 2.03. The molecule has 2 aromatic rings. The predicted octanol–water partition coefficient (Wildman–Crippen LogP) is 1.87. The van der Waals surface area contributed by atoms with E-state index in [1.165, 1.54) is 23.5 Å². The highest BCUT2D eigenvalue weighted by atomic mass is 32.2. The van der Waals surface area contributed by atoms with Crippen molar-refractivity contribution in [3.05, 3.63) is 52.7 Å². The highest BCUT2D eigenvalue weighted by Gasteiger charge is 2.18. The molecule has 0 bridgehead atoms. The summed E-state index contributed by atoms with van der Waals surface area (Å²) < 4.78 is 25.6. The second-order valence-electron chi connectivity index (χ2n) is 3.22. The number of rotatable bonds is 3. The molecule has 0 saturated carbocycles. The lowest BCUT2D eigenvalue weighted by molar-refractivity contribution is 0.0985. The van der Waals surface area contributed by atoms with Crippen molar-refractivity contribution in [3.63, 3.8) is 0 Å². The van der Waals surface area contributed by atoms with Crippen molar-refractivity contribution in [1.29, 1.82) is 0 Å². The van der Waals surface area contributed by atoms with Crippen LogP contribution in [0.3, 0.4) is 0 Å². The molecule has 4 nitrogen and oxygen atoms in total. The molecular weight excluding hydrogens is 258 g/mol. The lowest BCUT2D eigenvalue weighted by Gasteiger charge is -2.05. The van der Waals surface area contributed by atoms with Crippen LogP contribution in [0.15, 0.2) is 52.7 Å². The Bertz CT molecular complexity index is 603. The minimum atomic E-state index is -3.78. The zero-order chi connectivity index (χ0) is 12.3. The van der Waals surface area contributed by atoms with Gasteiger partial charge in [-0.15, -0.1) is 11.3 Å². The Kier molecular flexibility index (Phi) is 3.26. The van der Waals surface area contributed by atoms with Gasteiger partial charge in [-0.25, -0.2) is 13.1 Å². The maximum absolute atomic E-state index is 11.8. The molecule has 0 aliphatic carbocycles. The Morgan fingerprint density at radius 2 is 1.76 bits per heavy atom. The summed E-state index contributed by atoms with van der Waals surface area (Å²) in [4.78, 5) is 12.1. The van der Waals surface area contributed by atoms with E-state index in [-0.39, 0.29) is 4.90 Å². The number of sulfonamides is 1. The second-order valence-corrected chi connectivity index (χ2v) is 5.86. The fraction of sp³-hybridized carbons (Fsp3) is 0. The molecule has 1 aromatic carbocycles. The average molecular weight is 267 g/mol. The van der Waals surface area contributed by atoms with Crippen LogP contribution in [0.5, 0.6) is 0 Å². The summed E-state index contributed by atoms with van der Waals surface area (Å²) >= 11 is 1.19. The van der Waals surface area contributed by atoms with Crippen molar-refractivity contribution in [2.75, 3.05) is 0 Å². The lowest BCUT2D eigenvalue weighted by atomic mass is 10.4. The monoisotopic (exact) mass is 267 g/mol. The highest BCUT2D eigenvalue weighted by Crippen LogP contribution is 2.11. The molecule has 1 heterocycles. The lowest BCUT2D eigenvalue weighted by Crippen LogP contribution is -2.29. The van der Waals surface area contributed by atoms with Crippen LogP contribution in [-0.2, 0) is 10.0 Å². The fourth-order valence-corrected chi connectivity index (χ4v) is 2.91. The van der Waals surface area contributed by atoms with Crippen LogP contribution in [0.25, 0.3) is 0 Å². The standard InChI is InChI=1S/C11H9NO3S2/c13-11(10-7-4-8-16-10)12-17(14,15)9-5-2-1-3-6-9/h1-8H,(H,12,13). The number of carbonyl (C=O) groups is 1. The normalized spacial score (nSPS) is 11.1. The third kappa shape index (κ3) is 2.72. The van der Waals surface area contributed by atoms with Gasteiger partial charge in [0.1, 0.15) is 0 Å². The first-order chi connectivity index (χ1) is 8.09. The molecule has 0 spiro atoms. The SMILES string of the molecule is O=C(NS(=O)(=O)c1ccccc1)c1cccs1. The van der Waals surface area contributed by atoms with Gasteiger partial charge in [0.2, 0.25) is 0 Å². The molecule has 1 N–H and O–H groups in total. The smallest absolute Gasteiger partial charge is 0.267 e. The van der Waals surface area contributed by atoms with Gasteiger partial charge in [-0.05, 0) is 23.6 Å². The first-order valence-corrected chi connectivity index (χ1v) is 7.11. The van der Waals surface area contributed by atoms with Crippen molar-refractivity contribution in [3.8, 4) is 0 Å². The first-order valence-electron chi connectivity index (χ1n) is 4.75. The Hall–Kier alpha value is -1.66. The third-order valence-corrected chi connectivity index (χ3v) is 4.24. The molecule has 0 radical (unpaired) electrons. The molecule has 17 heavy (non-hydrogen) atoms. The van der Waals surface area contributed by atoms with Crippen molar-refractivity contribution in [1.82, 2.24) is 4.72 Å². The summed E-state index contributed by atoms with van der Waals surface area (Å²) in [5.74, 6) is -0.608. The van der Waals surface area contributed by atoms with Crippen LogP contribution >= 0.6 is 11.3 Å². The van der Waals surface area contributed by atoms with Gasteiger partial charge in [-0.1, -0.05) is 24.3 Å². The van der Waals surface area contributed by atoms with Gasteiger partial charge < -0.3 is 0 Å². The van der Waals surface area contributed by atoms with E-state index < -0.39 is 15.9 Å². The number of benzene rings is 1. The van der Waals surface area contributed by atoms with E-state index in [9.17, 15) is 13.2 Å². The van der Waals surface area contributed by atoms with E-state index in [1.54, 1.807) is 35.7 Å². The summed E-state index contributed by atoms with van der Waals surface area (Å²) in [7, 11) is -3.78. The van der Waals surface area contributed by atoms with Crippen molar-refractivity contribution < 1.29 is 13.2 Å². The molecule has 0 fully saturated rings. The maximum atomic E-state index is 11.8. The number of hydrogen-bond acceptors (Lipinski definition) is 4. The number of carbonyl (C=O) groups excluding carboxylic acids is 1. The van der Waals surface area contributed by atoms with Crippen LogP contribution in [0.1, 0.15) is 9.67 Å². The van der Waals surface area contributed by atoms with Crippen LogP contribution in [0, 0.1) is 0 Å². The summed E-state index contributed by atoms with van der Waals surface area (Å²) in [5.41, 5.74) is 0. The molecule has 0 saturated heterocycles. The molecular formula is C11H9NO3S2. The Labute approximate surface area is 103 Å². The number of hydrogen-bond donors (Lipinski definition) is 1. The Balaban J connectivity index is 2.22. The number of thiophene rings is 1. The van der Waals surface area contributed by atoms with Gasteiger partial charge in [0.15, 0.2) is 0 Å². The minimum absolute atomic E-state index is 0.0740. The van der Waals surface area contributed by atoms with E-state index in [0.717, 1.165) is 0 Å². The summed E-state index contributed by atoms with van der Waals surface area (Å²) in [6.45, 7) is 0. The van der Waals surface area contributed by atoms with Crippen LogP contribution in [0.2, 0.25) is 0 Å². The van der Waals surface area contributed by atoms with E-state index in [2.05, 4.69) is 0 Å². The first kappa shape index (κ1) is 11.8. The average Bonchev–Trinajstić information content (AvgIpc) is 2.83. The number of nitrogens with one attached hydrogen (secondary N) is 1. The quantitative estimate of drug-likeness (QED) is 0.923. The maximum Gasteiger partial charge on any atom is 0.275 e. The summed E-state index contributed by atoms with van der Waals surface area (Å²) in [6, 6.07) is 11.0. The molecule has 0 aliphatic heterocycles. The van der Waals surface area contributed by atoms with E-state index in [0.29, 0.717) is 4.88 Å². The largest absolute Gasteiger partial charge is 0.275 e. The van der Waals surface area contributed by atoms with Crippen molar-refractivity contribution >= 4 is 27.3 Å². The molecule has 1 aromatic heterocycles. The fourth-order valence-electron chi connectivity index (χ4n) is 1.24. The van der Waals surface area contributed by atoms with Crippen LogP contribution in [0.4, 0.5) is 0 Å². The molecule has 0 atom stereocenters. The molecule has 2 rings (SSSR count). The van der Waals surface area contributed by atoms with Crippen molar-refractivity contribution in [2.45, 2.75) is 4.90 Å². The van der Waals surface area contributed by atoms with Crippen LogP contribution in [-0.4, -0.2) is 14.3 Å². The summed E-state index contributed by atoms with van der Waals surface area (Å²) in [5, 5.41) is 1.71. The summed E-state index contributed by atoms with van der Waals surface area (Å²) in [6.07, 6.45) is 0. The molecule has 88 valence electrons. The van der Waals surface area contributed by atoms with Gasteiger partial charge in [0.25, 0.3) is 15.9 Å². The Morgan fingerprint density at radius 1 is 1.06 bits per heavy atom. The van der Waals surface area contributed by atoms with Gasteiger partial charge in [0, 0.05) is 0 Å². The van der Waals surface area contributed by atoms with Gasteiger partial charge in [-0.2, -0.15) is 0 Å². The van der Waals surface area contributed by atoms with E-state index in [4.69, 9.17) is 0 Å². The van der Waals surface area contributed by atoms with Gasteiger partial charge in [0.05, 0.1) is 9.77 Å². The van der Waals surface area contributed by atoms with Crippen molar-refractivity contribution in [2.24, 2.45) is 0 Å². The van der Waals surface area contributed by atoms with Gasteiger partial charge in [-0.3, -0.25) is 4.79 Å². The zero-order valence-electron chi connectivity index (χ0n) is 8.66. The Morgan fingerprint density at radius 3 is 2.35 bits per heavy atom. The highest BCUT2D eigenvalue weighted by molar-refractivity contribution is 7.90. The molecule has 1 amide bonds. The number of amides is 1. The predicted molar refractivity (Wildman–Crippen MR) is 65.4 cm³/mol. The van der Waals surface area contributed by atoms with Crippen LogP contribution < -0.4 is 4.72 Å². The molecule has 0 unspecified atom stereocenters. The zero-order valence-corrected chi connectivity index (χ0v) is 10.3. The molecule has 6 heteroatoms. The molecule has 0 aliphatic rings. The van der Waals surface area contributed by atoms with E-state index >= 15 is 0 Å². The van der Waals surface area contributed by atoms with Gasteiger partial charge >= 0.3 is 0 Å². The second kappa shape index (κ2) is 4.68. The minimum Gasteiger partial charge on any atom is -0.267 e. The van der Waals surface area contributed by atoms with E-state index in [1.807, 2.05) is 4.72 Å².